The molecule has 1 rings (SSSR count). The van der Waals surface area contributed by atoms with Gasteiger partial charge in [0.25, 0.3) is 0 Å². The van der Waals surface area contributed by atoms with Gasteiger partial charge in [0, 0.05) is 11.9 Å². The number of hydrogen-bond donors (Lipinski definition) is 2. The van der Waals surface area contributed by atoms with Crippen LogP contribution in [-0.2, 0) is 9.84 Å². The third kappa shape index (κ3) is 1.75. The Labute approximate surface area is 77.5 Å². The minimum Gasteiger partial charge on any atom is -0.398 e. The minimum atomic E-state index is -3.25. The summed E-state index contributed by atoms with van der Waals surface area (Å²) in [6.45, 7) is 1.69. The number of nitrogen functional groups attached to an aromatic ring is 2. The smallest absolute Gasteiger partial charge is 0.177 e. The fourth-order valence-electron chi connectivity index (χ4n) is 1.04. The Morgan fingerprint density at radius 3 is 2.23 bits per heavy atom. The predicted molar refractivity (Wildman–Crippen MR) is 53.1 cm³/mol. The highest BCUT2D eigenvalue weighted by Gasteiger charge is 2.13. The molecular weight excluding hydrogens is 188 g/mol. The molecule has 72 valence electrons. The maximum absolute atomic E-state index is 11.2. The van der Waals surface area contributed by atoms with E-state index in [1.165, 1.54) is 6.07 Å². The van der Waals surface area contributed by atoms with Crippen LogP contribution in [0.15, 0.2) is 17.0 Å². The van der Waals surface area contributed by atoms with Crippen molar-refractivity contribution in [3.05, 3.63) is 17.7 Å². The number of rotatable bonds is 1. The number of benzene rings is 1. The Kier molecular flexibility index (Phi) is 2.21. The fraction of sp³-hybridized carbons (Fsp3) is 0.250. The zero-order valence-electron chi connectivity index (χ0n) is 7.53. The van der Waals surface area contributed by atoms with Crippen LogP contribution in [0.25, 0.3) is 0 Å². The molecule has 0 aromatic heterocycles. The standard InChI is InChI=1S/C8H12N2O2S/c1-5-6(9)3-4-7(8(5)10)13(2,11)12/h3-4H,9-10H2,1-2H3. The van der Waals surface area contributed by atoms with Crippen molar-refractivity contribution in [1.29, 1.82) is 0 Å². The minimum absolute atomic E-state index is 0.138. The molecule has 0 aliphatic carbocycles. The van der Waals surface area contributed by atoms with Crippen LogP contribution in [0.1, 0.15) is 5.56 Å². The lowest BCUT2D eigenvalue weighted by molar-refractivity contribution is 0.602. The van der Waals surface area contributed by atoms with Crippen molar-refractivity contribution in [3.8, 4) is 0 Å². The van der Waals surface area contributed by atoms with Crippen molar-refractivity contribution < 1.29 is 8.42 Å². The van der Waals surface area contributed by atoms with Crippen LogP contribution >= 0.6 is 0 Å². The van der Waals surface area contributed by atoms with Gasteiger partial charge in [0.05, 0.1) is 10.6 Å². The SMILES string of the molecule is Cc1c(N)ccc(S(C)(=O)=O)c1N. The molecule has 13 heavy (non-hydrogen) atoms. The quantitative estimate of drug-likeness (QED) is 0.649. The molecule has 0 fully saturated rings. The summed E-state index contributed by atoms with van der Waals surface area (Å²) < 4.78 is 22.4. The van der Waals surface area contributed by atoms with Gasteiger partial charge in [-0.1, -0.05) is 0 Å². The maximum atomic E-state index is 11.2. The van der Waals surface area contributed by atoms with Gasteiger partial charge in [0.15, 0.2) is 9.84 Å². The third-order valence-electron chi connectivity index (χ3n) is 1.92. The molecule has 0 aliphatic heterocycles. The molecule has 0 amide bonds. The lowest BCUT2D eigenvalue weighted by Gasteiger charge is -2.08. The topological polar surface area (TPSA) is 86.2 Å². The van der Waals surface area contributed by atoms with Gasteiger partial charge in [0.2, 0.25) is 0 Å². The van der Waals surface area contributed by atoms with Gasteiger partial charge in [-0.25, -0.2) is 8.42 Å². The van der Waals surface area contributed by atoms with Gasteiger partial charge in [-0.2, -0.15) is 0 Å². The maximum Gasteiger partial charge on any atom is 0.177 e. The second-order valence-electron chi connectivity index (χ2n) is 2.96. The lowest BCUT2D eigenvalue weighted by Crippen LogP contribution is -2.05. The van der Waals surface area contributed by atoms with E-state index >= 15 is 0 Å². The molecule has 4 N–H and O–H groups in total. The zero-order valence-corrected chi connectivity index (χ0v) is 8.35. The van der Waals surface area contributed by atoms with Crippen molar-refractivity contribution in [2.75, 3.05) is 17.7 Å². The number of anilines is 2. The van der Waals surface area contributed by atoms with E-state index in [4.69, 9.17) is 11.5 Å². The van der Waals surface area contributed by atoms with Crippen LogP contribution in [0.5, 0.6) is 0 Å². The van der Waals surface area contributed by atoms with E-state index in [0.717, 1.165) is 6.26 Å². The van der Waals surface area contributed by atoms with Crippen LogP contribution in [-0.4, -0.2) is 14.7 Å². The molecule has 1 aromatic carbocycles. The third-order valence-corrected chi connectivity index (χ3v) is 3.07. The van der Waals surface area contributed by atoms with Gasteiger partial charge in [-0.3, -0.25) is 0 Å². The Bertz CT molecular complexity index is 438. The van der Waals surface area contributed by atoms with E-state index < -0.39 is 9.84 Å². The summed E-state index contributed by atoms with van der Waals surface area (Å²) in [5.41, 5.74) is 12.5. The lowest BCUT2D eigenvalue weighted by atomic mass is 10.2. The molecule has 0 saturated heterocycles. The van der Waals surface area contributed by atoms with Crippen LogP contribution in [0, 0.1) is 6.92 Å². The summed E-state index contributed by atoms with van der Waals surface area (Å²) in [5.74, 6) is 0. The highest BCUT2D eigenvalue weighted by molar-refractivity contribution is 7.90. The van der Waals surface area contributed by atoms with Crippen LogP contribution in [0.2, 0.25) is 0 Å². The normalized spacial score (nSPS) is 11.5. The largest absolute Gasteiger partial charge is 0.398 e. The highest BCUT2D eigenvalue weighted by Crippen LogP contribution is 2.25. The van der Waals surface area contributed by atoms with Crippen LogP contribution in [0.3, 0.4) is 0 Å². The van der Waals surface area contributed by atoms with E-state index in [9.17, 15) is 8.42 Å². The molecule has 0 spiro atoms. The summed E-state index contributed by atoms with van der Waals surface area (Å²) in [5, 5.41) is 0. The fourth-order valence-corrected chi connectivity index (χ4v) is 1.91. The molecule has 0 atom stereocenters. The molecule has 0 heterocycles. The second kappa shape index (κ2) is 2.92. The predicted octanol–water partition coefficient (Wildman–Crippen LogP) is 0.563. The summed E-state index contributed by atoms with van der Waals surface area (Å²) in [6.07, 6.45) is 1.12. The van der Waals surface area contributed by atoms with E-state index in [0.29, 0.717) is 11.3 Å². The number of sulfone groups is 1. The first-order valence-electron chi connectivity index (χ1n) is 3.68. The monoisotopic (exact) mass is 200 g/mol. The van der Waals surface area contributed by atoms with E-state index in [-0.39, 0.29) is 10.6 Å². The Hall–Kier alpha value is -1.23. The van der Waals surface area contributed by atoms with E-state index in [1.54, 1.807) is 13.0 Å². The van der Waals surface area contributed by atoms with Gasteiger partial charge in [-0.05, 0) is 24.6 Å². The summed E-state index contributed by atoms with van der Waals surface area (Å²) in [4.78, 5) is 0.138. The van der Waals surface area contributed by atoms with Gasteiger partial charge in [-0.15, -0.1) is 0 Å². The average molecular weight is 200 g/mol. The molecule has 5 heteroatoms. The number of hydrogen-bond acceptors (Lipinski definition) is 4. The van der Waals surface area contributed by atoms with Crippen LogP contribution in [0.4, 0.5) is 11.4 Å². The van der Waals surface area contributed by atoms with Gasteiger partial charge >= 0.3 is 0 Å². The Balaban J connectivity index is 3.53. The highest BCUT2D eigenvalue weighted by atomic mass is 32.2. The molecule has 0 saturated carbocycles. The number of nitrogens with two attached hydrogens (primary N) is 2. The van der Waals surface area contributed by atoms with Crippen LogP contribution < -0.4 is 11.5 Å². The molecule has 0 aliphatic rings. The Morgan fingerprint density at radius 1 is 1.23 bits per heavy atom. The average Bonchev–Trinajstić information content (AvgIpc) is 1.98. The van der Waals surface area contributed by atoms with Gasteiger partial charge in [0.1, 0.15) is 0 Å². The van der Waals surface area contributed by atoms with Gasteiger partial charge < -0.3 is 11.5 Å². The van der Waals surface area contributed by atoms with Crippen molar-refractivity contribution in [2.24, 2.45) is 0 Å². The zero-order chi connectivity index (χ0) is 10.2. The van der Waals surface area contributed by atoms with Crippen molar-refractivity contribution in [1.82, 2.24) is 0 Å². The first-order valence-corrected chi connectivity index (χ1v) is 5.58. The first-order chi connectivity index (χ1) is 5.84. The van der Waals surface area contributed by atoms with Crippen molar-refractivity contribution in [2.45, 2.75) is 11.8 Å². The molecule has 0 bridgehead atoms. The molecule has 0 unspecified atom stereocenters. The second-order valence-corrected chi connectivity index (χ2v) is 4.95. The summed E-state index contributed by atoms with van der Waals surface area (Å²) >= 11 is 0. The van der Waals surface area contributed by atoms with Crippen molar-refractivity contribution in [3.63, 3.8) is 0 Å². The van der Waals surface area contributed by atoms with Crippen molar-refractivity contribution >= 4 is 21.2 Å². The molecule has 1 aromatic rings. The molecular formula is C8H12N2O2S. The first kappa shape index (κ1) is 9.85. The van der Waals surface area contributed by atoms with E-state index in [2.05, 4.69) is 0 Å². The molecule has 0 radical (unpaired) electrons. The molecule has 4 nitrogen and oxygen atoms in total. The van der Waals surface area contributed by atoms with E-state index in [1.807, 2.05) is 0 Å². The summed E-state index contributed by atoms with van der Waals surface area (Å²) in [6, 6.07) is 2.97. The summed E-state index contributed by atoms with van der Waals surface area (Å²) in [7, 11) is -3.25. The Morgan fingerprint density at radius 2 is 1.77 bits per heavy atom.